The Hall–Kier alpha value is -4.91. The van der Waals surface area contributed by atoms with Crippen molar-refractivity contribution < 1.29 is 28.7 Å². The number of carbonyl (C=O) groups excluding carboxylic acids is 4. The lowest BCUT2D eigenvalue weighted by Gasteiger charge is -2.31. The highest BCUT2D eigenvalue weighted by Crippen LogP contribution is 2.39. The average Bonchev–Trinajstić information content (AvgIpc) is 3.54. The first-order chi connectivity index (χ1) is 18.8. The summed E-state index contributed by atoms with van der Waals surface area (Å²) in [5.41, 5.74) is 12.4. The smallest absolute Gasteiger partial charge is 0.325 e. The van der Waals surface area contributed by atoms with Crippen LogP contribution in [0.4, 0.5) is 11.4 Å². The summed E-state index contributed by atoms with van der Waals surface area (Å²) >= 11 is 0.682. The van der Waals surface area contributed by atoms with E-state index in [4.69, 9.17) is 20.9 Å². The number of nitrogens with zero attached hydrogens (tertiary/aromatic N) is 2. The first-order valence-electron chi connectivity index (χ1n) is 11.8. The fourth-order valence-electron chi connectivity index (χ4n) is 4.12. The Morgan fingerprint density at radius 3 is 2.54 bits per heavy atom. The van der Waals surface area contributed by atoms with E-state index in [1.54, 1.807) is 49.5 Å². The summed E-state index contributed by atoms with van der Waals surface area (Å²) < 4.78 is 14.4. The van der Waals surface area contributed by atoms with E-state index in [9.17, 15) is 19.2 Å². The number of nitrogen functional groups attached to an aromatic ring is 1. The number of amides is 3. The molecule has 0 saturated carbocycles. The van der Waals surface area contributed by atoms with Gasteiger partial charge in [-0.25, -0.2) is 0 Å². The van der Waals surface area contributed by atoms with Gasteiger partial charge < -0.3 is 31.2 Å². The van der Waals surface area contributed by atoms with E-state index >= 15 is 0 Å². The minimum absolute atomic E-state index is 0.0993. The lowest BCUT2D eigenvalue weighted by molar-refractivity contribution is -0.143. The number of nitrogens with two attached hydrogens (primary N) is 2. The Labute approximate surface area is 227 Å². The molecule has 0 bridgehead atoms. The van der Waals surface area contributed by atoms with Crippen LogP contribution in [0.2, 0.25) is 0 Å². The summed E-state index contributed by atoms with van der Waals surface area (Å²) in [5.74, 6) is -2.66. The zero-order valence-electron chi connectivity index (χ0n) is 21.1. The van der Waals surface area contributed by atoms with Crippen LogP contribution in [0.5, 0.6) is 5.75 Å². The molecule has 4 aromatic rings. The Morgan fingerprint density at radius 2 is 1.85 bits per heavy atom. The molecular weight excluding hydrogens is 524 g/mol. The molecular formula is C26H26N6O6S. The van der Waals surface area contributed by atoms with Gasteiger partial charge in [-0.3, -0.25) is 24.1 Å². The van der Waals surface area contributed by atoms with Gasteiger partial charge in [-0.1, -0.05) is 30.3 Å². The number of ether oxygens (including phenoxy) is 2. The van der Waals surface area contributed by atoms with Crippen molar-refractivity contribution in [3.05, 3.63) is 70.9 Å². The molecule has 39 heavy (non-hydrogen) atoms. The number of para-hydroxylation sites is 3. The zero-order chi connectivity index (χ0) is 28.1. The molecule has 0 saturated heterocycles. The number of H-pyrrole nitrogens is 1. The number of hydrogen-bond acceptors (Lipinski definition) is 9. The molecule has 202 valence electrons. The molecule has 1 atom stereocenters. The number of fused-ring (bicyclic) bond motifs is 1. The second-order valence-electron chi connectivity index (χ2n) is 8.20. The van der Waals surface area contributed by atoms with E-state index in [1.165, 1.54) is 12.0 Å². The standard InChI is InChI=1S/C26H26N6O6S/c1-3-38-19(33)13-30-25(35)22(15-12-29-16-9-5-4-8-14(15)16)32(17-10-6-7-11-18(17)37-2)26(36)23-20(27)21(24(28)34)31-39-23/h4-12,22,29H,3,13,27H2,1-2H3,(H2,28,34)(H,30,35)/t22-/m1/s1. The van der Waals surface area contributed by atoms with Gasteiger partial charge in [0, 0.05) is 22.7 Å². The Kier molecular flexibility index (Phi) is 8.10. The third kappa shape index (κ3) is 5.38. The van der Waals surface area contributed by atoms with Gasteiger partial charge in [0.15, 0.2) is 5.69 Å². The summed E-state index contributed by atoms with van der Waals surface area (Å²) in [6, 6.07) is 12.5. The van der Waals surface area contributed by atoms with Gasteiger partial charge in [-0.15, -0.1) is 0 Å². The SMILES string of the molecule is CCOC(=O)CNC(=O)[C@@H](c1c[nH]c2ccccc12)N(C(=O)c1snc(C(N)=O)c1N)c1ccccc1OC. The lowest BCUT2D eigenvalue weighted by Crippen LogP contribution is -2.45. The minimum atomic E-state index is -1.32. The van der Waals surface area contributed by atoms with Crippen LogP contribution in [0, 0.1) is 0 Å². The molecule has 12 nitrogen and oxygen atoms in total. The first kappa shape index (κ1) is 27.1. The van der Waals surface area contributed by atoms with Gasteiger partial charge in [0.2, 0.25) is 5.91 Å². The van der Waals surface area contributed by atoms with E-state index in [0.717, 1.165) is 5.52 Å². The molecule has 2 aromatic carbocycles. The molecule has 0 aliphatic carbocycles. The largest absolute Gasteiger partial charge is 0.495 e. The van der Waals surface area contributed by atoms with Gasteiger partial charge in [0.25, 0.3) is 11.8 Å². The Balaban J connectivity index is 1.93. The molecule has 3 amide bonds. The van der Waals surface area contributed by atoms with Crippen LogP contribution >= 0.6 is 11.5 Å². The quantitative estimate of drug-likeness (QED) is 0.217. The number of methoxy groups -OCH3 is 1. The van der Waals surface area contributed by atoms with Crippen LogP contribution in [0.3, 0.4) is 0 Å². The number of benzene rings is 2. The normalized spacial score (nSPS) is 11.5. The van der Waals surface area contributed by atoms with Crippen molar-refractivity contribution in [1.82, 2.24) is 14.7 Å². The summed E-state index contributed by atoms with van der Waals surface area (Å²) in [4.78, 5) is 56.2. The van der Waals surface area contributed by atoms with Crippen molar-refractivity contribution >= 4 is 57.5 Å². The van der Waals surface area contributed by atoms with Gasteiger partial charge in [-0.2, -0.15) is 4.37 Å². The number of aromatic nitrogens is 2. The van der Waals surface area contributed by atoms with E-state index in [-0.39, 0.29) is 34.3 Å². The average molecular weight is 551 g/mol. The molecule has 6 N–H and O–H groups in total. The number of esters is 1. The van der Waals surface area contributed by atoms with Crippen molar-refractivity contribution in [3.63, 3.8) is 0 Å². The maximum absolute atomic E-state index is 14.2. The first-order valence-corrected chi connectivity index (χ1v) is 12.6. The number of carbonyl (C=O) groups is 4. The van der Waals surface area contributed by atoms with Crippen molar-refractivity contribution in [2.45, 2.75) is 13.0 Å². The van der Waals surface area contributed by atoms with Crippen molar-refractivity contribution in [2.24, 2.45) is 5.73 Å². The molecule has 0 spiro atoms. The Morgan fingerprint density at radius 1 is 1.13 bits per heavy atom. The van der Waals surface area contributed by atoms with Crippen LogP contribution in [-0.2, 0) is 14.3 Å². The van der Waals surface area contributed by atoms with Crippen LogP contribution in [0.1, 0.15) is 38.7 Å². The van der Waals surface area contributed by atoms with Crippen LogP contribution in [-0.4, -0.2) is 53.3 Å². The number of primary amides is 1. The van der Waals surface area contributed by atoms with Gasteiger partial charge >= 0.3 is 5.97 Å². The predicted octanol–water partition coefficient (Wildman–Crippen LogP) is 2.38. The van der Waals surface area contributed by atoms with E-state index in [0.29, 0.717) is 22.5 Å². The van der Waals surface area contributed by atoms with E-state index < -0.39 is 36.3 Å². The van der Waals surface area contributed by atoms with Crippen LogP contribution < -0.4 is 26.4 Å². The van der Waals surface area contributed by atoms with E-state index in [2.05, 4.69) is 14.7 Å². The fraction of sp³-hybridized carbons (Fsp3) is 0.192. The predicted molar refractivity (Wildman–Crippen MR) is 146 cm³/mol. The maximum atomic E-state index is 14.2. The highest BCUT2D eigenvalue weighted by Gasteiger charge is 2.38. The number of hydrogen-bond donors (Lipinski definition) is 4. The Bertz CT molecular complexity index is 1550. The molecule has 2 heterocycles. The molecule has 0 unspecified atom stereocenters. The van der Waals surface area contributed by atoms with Crippen LogP contribution in [0.15, 0.2) is 54.7 Å². The van der Waals surface area contributed by atoms with Gasteiger partial charge in [0.05, 0.1) is 25.1 Å². The summed E-state index contributed by atoms with van der Waals surface area (Å²) in [7, 11) is 1.43. The number of anilines is 2. The van der Waals surface area contributed by atoms with Crippen LogP contribution in [0.25, 0.3) is 10.9 Å². The molecule has 13 heteroatoms. The van der Waals surface area contributed by atoms with E-state index in [1.807, 2.05) is 12.1 Å². The maximum Gasteiger partial charge on any atom is 0.325 e. The highest BCUT2D eigenvalue weighted by atomic mass is 32.1. The zero-order valence-corrected chi connectivity index (χ0v) is 21.9. The number of nitrogens with one attached hydrogen (secondary N) is 2. The van der Waals surface area contributed by atoms with Crippen molar-refractivity contribution in [3.8, 4) is 5.75 Å². The highest BCUT2D eigenvalue weighted by molar-refractivity contribution is 7.09. The molecule has 0 fully saturated rings. The molecule has 2 aromatic heterocycles. The fourth-order valence-corrected chi connectivity index (χ4v) is 4.86. The number of aromatic amines is 1. The topological polar surface area (TPSA) is 183 Å². The number of rotatable bonds is 10. The second kappa shape index (κ2) is 11.6. The molecule has 0 aliphatic rings. The van der Waals surface area contributed by atoms with Gasteiger partial charge in [0.1, 0.15) is 23.2 Å². The summed E-state index contributed by atoms with van der Waals surface area (Å²) in [6.45, 7) is 1.36. The van der Waals surface area contributed by atoms with Crippen molar-refractivity contribution in [2.75, 3.05) is 30.9 Å². The minimum Gasteiger partial charge on any atom is -0.495 e. The monoisotopic (exact) mass is 550 g/mol. The van der Waals surface area contributed by atoms with Gasteiger partial charge in [-0.05, 0) is 36.7 Å². The summed E-state index contributed by atoms with van der Waals surface area (Å²) in [5, 5.41) is 3.24. The van der Waals surface area contributed by atoms with Crippen molar-refractivity contribution in [1.29, 1.82) is 0 Å². The summed E-state index contributed by atoms with van der Waals surface area (Å²) in [6.07, 6.45) is 1.61. The second-order valence-corrected chi connectivity index (χ2v) is 8.97. The molecule has 4 rings (SSSR count). The molecule has 0 radical (unpaired) electrons. The molecule has 0 aliphatic heterocycles. The lowest BCUT2D eigenvalue weighted by atomic mass is 10.0. The third-order valence-corrected chi connectivity index (χ3v) is 6.70. The third-order valence-electron chi connectivity index (χ3n) is 5.85.